The van der Waals surface area contributed by atoms with E-state index in [0.29, 0.717) is 11.5 Å². The Morgan fingerprint density at radius 2 is 1.44 bits per heavy atom. The number of rotatable bonds is 9. The van der Waals surface area contributed by atoms with Crippen molar-refractivity contribution in [3.8, 4) is 11.5 Å². The Bertz CT molecular complexity index is 1170. The first kappa shape index (κ1) is 23.1. The summed E-state index contributed by atoms with van der Waals surface area (Å²) in [7, 11) is -1.01. The zero-order valence-electron chi connectivity index (χ0n) is 18.2. The summed E-state index contributed by atoms with van der Waals surface area (Å²) in [6, 6.07) is 21.6. The number of ether oxygens (including phenoxy) is 2. The van der Waals surface area contributed by atoms with Gasteiger partial charge >= 0.3 is 0 Å². The van der Waals surface area contributed by atoms with Gasteiger partial charge in [0.2, 0.25) is 5.91 Å². The van der Waals surface area contributed by atoms with Gasteiger partial charge in [-0.3, -0.25) is 9.10 Å². The number of nitrogens with one attached hydrogen (secondary N) is 1. The quantitative estimate of drug-likeness (QED) is 0.532. The lowest BCUT2D eigenvalue weighted by Crippen LogP contribution is -2.41. The lowest BCUT2D eigenvalue weighted by molar-refractivity contribution is -0.120. The molecule has 0 heterocycles. The van der Waals surface area contributed by atoms with Gasteiger partial charge in [0.1, 0.15) is 18.0 Å². The van der Waals surface area contributed by atoms with Crippen LogP contribution in [0.25, 0.3) is 0 Å². The molecule has 0 aliphatic rings. The van der Waals surface area contributed by atoms with Crippen molar-refractivity contribution in [2.24, 2.45) is 0 Å². The van der Waals surface area contributed by atoms with E-state index in [0.717, 1.165) is 9.87 Å². The van der Waals surface area contributed by atoms with Crippen molar-refractivity contribution in [2.75, 3.05) is 25.1 Å². The third-order valence-electron chi connectivity index (χ3n) is 4.96. The van der Waals surface area contributed by atoms with Crippen LogP contribution in [0.2, 0.25) is 0 Å². The van der Waals surface area contributed by atoms with Gasteiger partial charge in [-0.1, -0.05) is 48.5 Å². The Balaban J connectivity index is 1.93. The fourth-order valence-electron chi connectivity index (χ4n) is 3.37. The fourth-order valence-corrected chi connectivity index (χ4v) is 4.83. The van der Waals surface area contributed by atoms with Gasteiger partial charge in [0.25, 0.3) is 10.0 Å². The van der Waals surface area contributed by atoms with Crippen LogP contribution < -0.4 is 19.1 Å². The highest BCUT2D eigenvalue weighted by molar-refractivity contribution is 7.92. The zero-order valence-corrected chi connectivity index (χ0v) is 19.0. The van der Waals surface area contributed by atoms with Crippen LogP contribution in [0.1, 0.15) is 18.5 Å². The maximum Gasteiger partial charge on any atom is 0.264 e. The largest absolute Gasteiger partial charge is 0.496 e. The van der Waals surface area contributed by atoms with Gasteiger partial charge in [-0.2, -0.15) is 0 Å². The molecule has 168 valence electrons. The van der Waals surface area contributed by atoms with Crippen LogP contribution in [0.3, 0.4) is 0 Å². The van der Waals surface area contributed by atoms with Gasteiger partial charge in [-0.05, 0) is 37.3 Å². The van der Waals surface area contributed by atoms with E-state index in [-0.39, 0.29) is 10.6 Å². The van der Waals surface area contributed by atoms with Crippen molar-refractivity contribution in [3.63, 3.8) is 0 Å². The predicted molar refractivity (Wildman–Crippen MR) is 124 cm³/mol. The Morgan fingerprint density at radius 1 is 0.875 bits per heavy atom. The summed E-state index contributed by atoms with van der Waals surface area (Å²) in [5.74, 6) is 0.519. The standard InChI is InChI=1S/C24H26N2O5S/c1-18(20-13-7-9-15-22(20)30-2)25-24(27)17-26(21-14-8-10-16-23(21)31-3)32(28,29)19-11-5-4-6-12-19/h4-16,18H,17H2,1-3H3,(H,25,27)/t18-/m1/s1. The molecule has 0 aliphatic heterocycles. The molecule has 8 heteroatoms. The van der Waals surface area contributed by atoms with Crippen LogP contribution in [0.5, 0.6) is 11.5 Å². The summed E-state index contributed by atoms with van der Waals surface area (Å²) < 4.78 is 38.7. The second kappa shape index (κ2) is 10.2. The van der Waals surface area contributed by atoms with Crippen molar-refractivity contribution >= 4 is 21.6 Å². The lowest BCUT2D eigenvalue weighted by atomic mass is 10.1. The molecule has 0 fully saturated rings. The van der Waals surface area contributed by atoms with Crippen LogP contribution in [0.15, 0.2) is 83.8 Å². The van der Waals surface area contributed by atoms with E-state index < -0.39 is 28.5 Å². The molecule has 0 bridgehead atoms. The molecule has 0 saturated heterocycles. The molecule has 32 heavy (non-hydrogen) atoms. The third kappa shape index (κ3) is 5.03. The van der Waals surface area contributed by atoms with E-state index in [4.69, 9.17) is 9.47 Å². The number of nitrogens with zero attached hydrogens (tertiary/aromatic N) is 1. The molecule has 1 amide bonds. The first-order valence-electron chi connectivity index (χ1n) is 10.0. The Labute approximate surface area is 188 Å². The van der Waals surface area contributed by atoms with E-state index in [1.165, 1.54) is 19.2 Å². The van der Waals surface area contributed by atoms with Gasteiger partial charge in [0.15, 0.2) is 0 Å². The van der Waals surface area contributed by atoms with Crippen LogP contribution in [-0.2, 0) is 14.8 Å². The first-order valence-corrected chi connectivity index (χ1v) is 11.5. The van der Waals surface area contributed by atoms with Gasteiger partial charge < -0.3 is 14.8 Å². The van der Waals surface area contributed by atoms with Crippen LogP contribution in [0.4, 0.5) is 5.69 Å². The molecular weight excluding hydrogens is 428 g/mol. The summed E-state index contributed by atoms with van der Waals surface area (Å²) in [4.78, 5) is 13.1. The van der Waals surface area contributed by atoms with Crippen LogP contribution in [0, 0.1) is 0 Å². The minimum atomic E-state index is -4.03. The van der Waals surface area contributed by atoms with Crippen molar-refractivity contribution in [3.05, 3.63) is 84.4 Å². The van der Waals surface area contributed by atoms with Crippen molar-refractivity contribution < 1.29 is 22.7 Å². The highest BCUT2D eigenvalue weighted by Crippen LogP contribution is 2.32. The number of methoxy groups -OCH3 is 2. The number of carbonyl (C=O) groups excluding carboxylic acids is 1. The van der Waals surface area contributed by atoms with Gasteiger partial charge in [0.05, 0.1) is 30.8 Å². The van der Waals surface area contributed by atoms with Crippen molar-refractivity contribution in [1.29, 1.82) is 0 Å². The summed E-state index contributed by atoms with van der Waals surface area (Å²) in [5, 5.41) is 2.87. The number of hydrogen-bond acceptors (Lipinski definition) is 5. The molecule has 1 atom stereocenters. The number of hydrogen-bond donors (Lipinski definition) is 1. The average molecular weight is 455 g/mol. The molecule has 0 aliphatic carbocycles. The number of benzene rings is 3. The normalized spacial score (nSPS) is 12.0. The predicted octanol–water partition coefficient (Wildman–Crippen LogP) is 3.78. The molecule has 1 N–H and O–H groups in total. The maximum atomic E-state index is 13.5. The summed E-state index contributed by atoms with van der Waals surface area (Å²) in [6.07, 6.45) is 0. The molecule has 0 aromatic heterocycles. The second-order valence-electron chi connectivity index (χ2n) is 7.03. The van der Waals surface area contributed by atoms with Gasteiger partial charge in [-0.25, -0.2) is 8.42 Å². The minimum absolute atomic E-state index is 0.0801. The van der Waals surface area contributed by atoms with E-state index in [1.807, 2.05) is 25.1 Å². The molecule has 0 radical (unpaired) electrons. The van der Waals surface area contributed by atoms with Crippen molar-refractivity contribution in [1.82, 2.24) is 5.32 Å². The topological polar surface area (TPSA) is 84.9 Å². The minimum Gasteiger partial charge on any atom is -0.496 e. The first-order chi connectivity index (χ1) is 15.4. The summed E-state index contributed by atoms with van der Waals surface area (Å²) in [5.41, 5.74) is 1.07. The fraction of sp³-hybridized carbons (Fsp3) is 0.208. The molecule has 0 spiro atoms. The molecule has 3 aromatic carbocycles. The van der Waals surface area contributed by atoms with Crippen molar-refractivity contribution in [2.45, 2.75) is 17.9 Å². The highest BCUT2D eigenvalue weighted by atomic mass is 32.2. The van der Waals surface area contributed by atoms with E-state index >= 15 is 0 Å². The Morgan fingerprint density at radius 3 is 2.09 bits per heavy atom. The number of carbonyl (C=O) groups is 1. The zero-order chi connectivity index (χ0) is 23.1. The van der Waals surface area contributed by atoms with E-state index in [2.05, 4.69) is 5.32 Å². The lowest BCUT2D eigenvalue weighted by Gasteiger charge is -2.26. The van der Waals surface area contributed by atoms with Gasteiger partial charge in [-0.15, -0.1) is 0 Å². The average Bonchev–Trinajstić information content (AvgIpc) is 2.82. The highest BCUT2D eigenvalue weighted by Gasteiger charge is 2.29. The van der Waals surface area contributed by atoms with Crippen LogP contribution in [-0.4, -0.2) is 35.1 Å². The molecular formula is C24H26N2O5S. The van der Waals surface area contributed by atoms with Gasteiger partial charge in [0, 0.05) is 5.56 Å². The Kier molecular flexibility index (Phi) is 7.37. The molecule has 3 aromatic rings. The Hall–Kier alpha value is -3.52. The second-order valence-corrected chi connectivity index (χ2v) is 8.89. The number of para-hydroxylation sites is 3. The smallest absolute Gasteiger partial charge is 0.264 e. The summed E-state index contributed by atoms with van der Waals surface area (Å²) >= 11 is 0. The monoisotopic (exact) mass is 454 g/mol. The molecule has 3 rings (SSSR count). The molecule has 0 saturated carbocycles. The summed E-state index contributed by atoms with van der Waals surface area (Å²) in [6.45, 7) is 1.39. The van der Waals surface area contributed by atoms with E-state index in [1.54, 1.807) is 55.6 Å². The maximum absolute atomic E-state index is 13.5. The SMILES string of the molecule is COc1ccccc1[C@@H](C)NC(=O)CN(c1ccccc1OC)S(=O)(=O)c1ccccc1. The van der Waals surface area contributed by atoms with E-state index in [9.17, 15) is 13.2 Å². The number of anilines is 1. The number of amides is 1. The number of sulfonamides is 1. The third-order valence-corrected chi connectivity index (χ3v) is 6.73. The molecule has 0 unspecified atom stereocenters. The van der Waals surface area contributed by atoms with Crippen LogP contribution >= 0.6 is 0 Å². The molecule has 7 nitrogen and oxygen atoms in total.